The SMILES string of the molecule is CCC(O)N(C(O)CC)C(C)(C)C(=O)[O-].[Na+]. The Labute approximate surface area is 119 Å². The molecule has 0 aromatic carbocycles. The van der Waals surface area contributed by atoms with Gasteiger partial charge in [0.1, 0.15) is 12.5 Å². The maximum absolute atomic E-state index is 10.9. The largest absolute Gasteiger partial charge is 1.00 e. The van der Waals surface area contributed by atoms with Gasteiger partial charge in [0, 0.05) is 0 Å². The van der Waals surface area contributed by atoms with Crippen LogP contribution in [0.1, 0.15) is 40.5 Å². The Hall–Kier alpha value is 0.350. The van der Waals surface area contributed by atoms with Crippen LogP contribution >= 0.6 is 0 Å². The summed E-state index contributed by atoms with van der Waals surface area (Å²) in [6.07, 6.45) is -1.30. The molecule has 6 heteroatoms. The summed E-state index contributed by atoms with van der Waals surface area (Å²) in [6.45, 7) is 6.23. The molecule has 0 rings (SSSR count). The van der Waals surface area contributed by atoms with Crippen molar-refractivity contribution in [2.45, 2.75) is 58.5 Å². The predicted molar refractivity (Wildman–Crippen MR) is 53.5 cm³/mol. The predicted octanol–water partition coefficient (Wildman–Crippen LogP) is -3.72. The first-order valence-electron chi connectivity index (χ1n) is 5.15. The molecule has 2 atom stereocenters. The molecule has 2 N–H and O–H groups in total. The Morgan fingerprint density at radius 3 is 1.75 bits per heavy atom. The van der Waals surface area contributed by atoms with Crippen LogP contribution in [0.3, 0.4) is 0 Å². The molecule has 0 amide bonds. The molecule has 0 aliphatic rings. The van der Waals surface area contributed by atoms with Crippen LogP contribution in [0.15, 0.2) is 0 Å². The number of carbonyl (C=O) groups excluding carboxylic acids is 1. The van der Waals surface area contributed by atoms with Gasteiger partial charge in [-0.1, -0.05) is 13.8 Å². The van der Waals surface area contributed by atoms with E-state index in [-0.39, 0.29) is 29.6 Å². The number of aliphatic hydroxyl groups excluding tert-OH is 2. The van der Waals surface area contributed by atoms with Crippen LogP contribution in [0.5, 0.6) is 0 Å². The minimum absolute atomic E-state index is 0. The third kappa shape index (κ3) is 4.31. The van der Waals surface area contributed by atoms with Crippen molar-refractivity contribution in [2.24, 2.45) is 0 Å². The van der Waals surface area contributed by atoms with E-state index in [2.05, 4.69) is 0 Å². The van der Waals surface area contributed by atoms with E-state index in [1.807, 2.05) is 0 Å². The maximum atomic E-state index is 10.9. The summed E-state index contributed by atoms with van der Waals surface area (Å²) in [6, 6.07) is 0. The topological polar surface area (TPSA) is 83.8 Å². The molecular formula is C10H20NNaO4. The summed E-state index contributed by atoms with van der Waals surface area (Å²) in [5.41, 5.74) is -1.40. The van der Waals surface area contributed by atoms with E-state index in [1.165, 1.54) is 13.8 Å². The molecule has 0 bridgehead atoms. The minimum Gasteiger partial charge on any atom is -0.548 e. The van der Waals surface area contributed by atoms with Gasteiger partial charge in [-0.3, -0.25) is 0 Å². The molecule has 0 heterocycles. The van der Waals surface area contributed by atoms with E-state index in [9.17, 15) is 20.1 Å². The van der Waals surface area contributed by atoms with E-state index in [4.69, 9.17) is 0 Å². The van der Waals surface area contributed by atoms with Crippen LogP contribution in [0, 0.1) is 0 Å². The molecule has 0 aliphatic carbocycles. The van der Waals surface area contributed by atoms with Gasteiger partial charge in [-0.05, 0) is 26.7 Å². The number of carboxylic acids is 1. The van der Waals surface area contributed by atoms with Gasteiger partial charge in [-0.15, -0.1) is 0 Å². The molecule has 2 unspecified atom stereocenters. The van der Waals surface area contributed by atoms with E-state index >= 15 is 0 Å². The number of nitrogens with zero attached hydrogens (tertiary/aromatic N) is 1. The van der Waals surface area contributed by atoms with Gasteiger partial charge in [0.2, 0.25) is 0 Å². The second-order valence-electron chi connectivity index (χ2n) is 4.03. The Kier molecular flexibility index (Phi) is 8.92. The molecule has 5 nitrogen and oxygen atoms in total. The first-order valence-corrected chi connectivity index (χ1v) is 5.15. The minimum atomic E-state index is -1.40. The Bertz CT molecular complexity index is 213. The smallest absolute Gasteiger partial charge is 0.548 e. The van der Waals surface area contributed by atoms with E-state index in [0.29, 0.717) is 12.8 Å². The molecule has 0 aromatic heterocycles. The average molecular weight is 241 g/mol. The standard InChI is InChI=1S/C10H21NO4.Na/c1-5-7(12)11(8(13)6-2)10(3,4)9(14)15;/h7-8,12-13H,5-6H2,1-4H3,(H,14,15);/q;+1/p-1. The first-order chi connectivity index (χ1) is 6.78. The van der Waals surface area contributed by atoms with Crippen LogP contribution in [0.4, 0.5) is 0 Å². The van der Waals surface area contributed by atoms with Gasteiger partial charge < -0.3 is 20.1 Å². The zero-order valence-electron chi connectivity index (χ0n) is 10.7. The van der Waals surface area contributed by atoms with Gasteiger partial charge in [0.15, 0.2) is 0 Å². The zero-order valence-corrected chi connectivity index (χ0v) is 12.7. The Balaban J connectivity index is 0. The summed E-state index contributed by atoms with van der Waals surface area (Å²) in [5, 5.41) is 30.3. The van der Waals surface area contributed by atoms with Gasteiger partial charge >= 0.3 is 29.6 Å². The van der Waals surface area contributed by atoms with Crippen molar-refractivity contribution in [1.29, 1.82) is 0 Å². The average Bonchev–Trinajstić information content (AvgIpc) is 2.16. The summed E-state index contributed by atoms with van der Waals surface area (Å²) in [4.78, 5) is 12.1. The van der Waals surface area contributed by atoms with Crippen molar-refractivity contribution >= 4 is 5.97 Å². The van der Waals surface area contributed by atoms with Gasteiger partial charge in [0.05, 0.1) is 11.5 Å². The second-order valence-corrected chi connectivity index (χ2v) is 4.03. The van der Waals surface area contributed by atoms with Crippen LogP contribution in [0.2, 0.25) is 0 Å². The first kappa shape index (κ1) is 18.7. The summed E-state index contributed by atoms with van der Waals surface area (Å²) >= 11 is 0. The second kappa shape index (κ2) is 7.63. The number of aliphatic carboxylic acids is 1. The van der Waals surface area contributed by atoms with Crippen molar-refractivity contribution in [2.75, 3.05) is 0 Å². The molecule has 0 spiro atoms. The summed E-state index contributed by atoms with van der Waals surface area (Å²) in [7, 11) is 0. The normalized spacial score (nSPS) is 15.4. The Morgan fingerprint density at radius 1 is 1.25 bits per heavy atom. The summed E-state index contributed by atoms with van der Waals surface area (Å²) < 4.78 is 0. The van der Waals surface area contributed by atoms with Gasteiger partial charge in [0.25, 0.3) is 0 Å². The fourth-order valence-corrected chi connectivity index (χ4v) is 1.44. The van der Waals surface area contributed by atoms with Crippen molar-refractivity contribution in [3.05, 3.63) is 0 Å². The number of hydrogen-bond acceptors (Lipinski definition) is 5. The van der Waals surface area contributed by atoms with Gasteiger partial charge in [-0.2, -0.15) is 0 Å². The number of carbonyl (C=O) groups is 1. The molecule has 0 radical (unpaired) electrons. The summed E-state index contributed by atoms with van der Waals surface area (Å²) in [5.74, 6) is -1.32. The molecule has 16 heavy (non-hydrogen) atoms. The van der Waals surface area contributed by atoms with Crippen molar-refractivity contribution in [3.63, 3.8) is 0 Å². The molecular weight excluding hydrogens is 221 g/mol. The molecule has 0 saturated heterocycles. The Morgan fingerprint density at radius 2 is 1.56 bits per heavy atom. The monoisotopic (exact) mass is 241 g/mol. The molecule has 90 valence electrons. The number of carboxylic acid groups (broad SMARTS) is 1. The van der Waals surface area contributed by atoms with Crippen LogP contribution in [-0.4, -0.2) is 39.1 Å². The molecule has 0 aliphatic heterocycles. The zero-order chi connectivity index (χ0) is 12.2. The van der Waals surface area contributed by atoms with Crippen LogP contribution < -0.4 is 34.7 Å². The van der Waals surface area contributed by atoms with Crippen molar-refractivity contribution < 1.29 is 49.7 Å². The number of rotatable bonds is 6. The molecule has 0 fully saturated rings. The molecule has 0 aromatic rings. The van der Waals surface area contributed by atoms with Crippen molar-refractivity contribution in [1.82, 2.24) is 4.90 Å². The third-order valence-corrected chi connectivity index (χ3v) is 2.52. The fraction of sp³-hybridized carbons (Fsp3) is 0.900. The van der Waals surface area contributed by atoms with Crippen LogP contribution in [0.25, 0.3) is 0 Å². The van der Waals surface area contributed by atoms with E-state index in [1.54, 1.807) is 13.8 Å². The number of hydrogen-bond donors (Lipinski definition) is 2. The van der Waals surface area contributed by atoms with E-state index in [0.717, 1.165) is 4.90 Å². The van der Waals surface area contributed by atoms with Crippen molar-refractivity contribution in [3.8, 4) is 0 Å². The third-order valence-electron chi connectivity index (χ3n) is 2.52. The quantitative estimate of drug-likeness (QED) is 0.369. The van der Waals surface area contributed by atoms with E-state index < -0.39 is 24.0 Å². The fourth-order valence-electron chi connectivity index (χ4n) is 1.44. The number of aliphatic hydroxyl groups is 2. The van der Waals surface area contributed by atoms with Gasteiger partial charge in [-0.25, -0.2) is 4.90 Å². The molecule has 0 saturated carbocycles. The maximum Gasteiger partial charge on any atom is 1.00 e. The van der Waals surface area contributed by atoms with Crippen LogP contribution in [-0.2, 0) is 4.79 Å².